The molecule has 25 heavy (non-hydrogen) atoms. The van der Waals surface area contributed by atoms with Crippen LogP contribution in [0.2, 0.25) is 0 Å². The molecule has 2 amide bonds. The smallest absolute Gasteiger partial charge is 0.243 e. The molecule has 0 aliphatic carbocycles. The molecule has 1 aromatic rings. The quantitative estimate of drug-likeness (QED) is 0.888. The van der Waals surface area contributed by atoms with Gasteiger partial charge in [-0.2, -0.15) is 0 Å². The van der Waals surface area contributed by atoms with Crippen molar-refractivity contribution < 1.29 is 9.59 Å². The van der Waals surface area contributed by atoms with Crippen LogP contribution in [0.1, 0.15) is 25.3 Å². The van der Waals surface area contributed by atoms with E-state index in [9.17, 15) is 9.59 Å². The predicted octanol–water partition coefficient (Wildman–Crippen LogP) is 1.07. The Labute approximate surface area is 149 Å². The first-order valence-electron chi connectivity index (χ1n) is 9.12. The standard InChI is InChI=1S/C19H28N4O2/c1-15(24)23-9-5-8-18(23)19(25)20-14-16-6-3-4-7-17(16)22-12-10-21(2)11-13-22/h3-4,6-7,18H,5,8-14H2,1-2H3,(H,20,25). The Bertz CT molecular complexity index is 626. The number of likely N-dealkylation sites (tertiary alicyclic amines) is 1. The molecule has 0 aromatic heterocycles. The molecule has 1 N–H and O–H groups in total. The van der Waals surface area contributed by atoms with Crippen LogP contribution >= 0.6 is 0 Å². The zero-order valence-corrected chi connectivity index (χ0v) is 15.2. The summed E-state index contributed by atoms with van der Waals surface area (Å²) < 4.78 is 0. The van der Waals surface area contributed by atoms with E-state index >= 15 is 0 Å². The van der Waals surface area contributed by atoms with Crippen LogP contribution < -0.4 is 10.2 Å². The van der Waals surface area contributed by atoms with Crippen molar-refractivity contribution >= 4 is 17.5 Å². The summed E-state index contributed by atoms with van der Waals surface area (Å²) in [4.78, 5) is 30.6. The molecule has 0 bridgehead atoms. The number of anilines is 1. The van der Waals surface area contributed by atoms with Crippen LogP contribution in [0.5, 0.6) is 0 Å². The molecule has 2 saturated heterocycles. The average Bonchev–Trinajstić information content (AvgIpc) is 3.11. The number of hydrogen-bond donors (Lipinski definition) is 1. The van der Waals surface area contributed by atoms with Crippen LogP contribution in [0.25, 0.3) is 0 Å². The first kappa shape index (κ1) is 17.7. The molecule has 2 heterocycles. The maximum atomic E-state index is 12.5. The number of amides is 2. The molecule has 0 saturated carbocycles. The molecule has 0 radical (unpaired) electrons. The number of para-hydroxylation sites is 1. The lowest BCUT2D eigenvalue weighted by Gasteiger charge is -2.35. The van der Waals surface area contributed by atoms with Gasteiger partial charge < -0.3 is 20.0 Å². The van der Waals surface area contributed by atoms with Gasteiger partial charge in [0.25, 0.3) is 0 Å². The van der Waals surface area contributed by atoms with Crippen LogP contribution in [0, 0.1) is 0 Å². The van der Waals surface area contributed by atoms with Gasteiger partial charge in [-0.1, -0.05) is 18.2 Å². The number of nitrogens with one attached hydrogen (secondary N) is 1. The van der Waals surface area contributed by atoms with Gasteiger partial charge in [0.15, 0.2) is 0 Å². The normalized spacial score (nSPS) is 21.4. The fourth-order valence-corrected chi connectivity index (χ4v) is 3.73. The predicted molar refractivity (Wildman–Crippen MR) is 98.4 cm³/mol. The summed E-state index contributed by atoms with van der Waals surface area (Å²) in [6, 6.07) is 7.95. The zero-order chi connectivity index (χ0) is 17.8. The van der Waals surface area contributed by atoms with Gasteiger partial charge in [0, 0.05) is 51.9 Å². The lowest BCUT2D eigenvalue weighted by Crippen LogP contribution is -2.46. The Balaban J connectivity index is 1.63. The summed E-state index contributed by atoms with van der Waals surface area (Å²) in [6.07, 6.45) is 1.65. The highest BCUT2D eigenvalue weighted by Crippen LogP contribution is 2.22. The summed E-state index contributed by atoms with van der Waals surface area (Å²) in [7, 11) is 2.14. The van der Waals surface area contributed by atoms with Crippen LogP contribution in [0.15, 0.2) is 24.3 Å². The fraction of sp³-hybridized carbons (Fsp3) is 0.579. The third kappa shape index (κ3) is 4.12. The summed E-state index contributed by atoms with van der Waals surface area (Å²) in [5.41, 5.74) is 2.33. The molecule has 2 aliphatic heterocycles. The Morgan fingerprint density at radius 3 is 2.56 bits per heavy atom. The van der Waals surface area contributed by atoms with E-state index in [4.69, 9.17) is 0 Å². The number of likely N-dealkylation sites (N-methyl/N-ethyl adjacent to an activating group) is 1. The molecular weight excluding hydrogens is 316 g/mol. The number of hydrogen-bond acceptors (Lipinski definition) is 4. The maximum absolute atomic E-state index is 12.5. The number of benzene rings is 1. The molecule has 1 atom stereocenters. The molecule has 2 aliphatic rings. The highest BCUT2D eigenvalue weighted by atomic mass is 16.2. The minimum absolute atomic E-state index is 0.0181. The lowest BCUT2D eigenvalue weighted by molar-refractivity contribution is -0.136. The Morgan fingerprint density at radius 2 is 1.84 bits per heavy atom. The zero-order valence-electron chi connectivity index (χ0n) is 15.2. The Hall–Kier alpha value is -2.08. The number of rotatable bonds is 4. The second-order valence-electron chi connectivity index (χ2n) is 7.01. The van der Waals surface area contributed by atoms with Gasteiger partial charge in [0.2, 0.25) is 11.8 Å². The van der Waals surface area contributed by atoms with E-state index in [1.54, 1.807) is 4.90 Å². The average molecular weight is 344 g/mol. The third-order valence-electron chi connectivity index (χ3n) is 5.25. The van der Waals surface area contributed by atoms with Crippen molar-refractivity contribution in [2.75, 3.05) is 44.7 Å². The second kappa shape index (κ2) is 7.87. The molecule has 136 valence electrons. The molecule has 3 rings (SSSR count). The van der Waals surface area contributed by atoms with Crippen molar-refractivity contribution in [2.24, 2.45) is 0 Å². The summed E-state index contributed by atoms with van der Waals surface area (Å²) in [5.74, 6) is -0.0589. The summed E-state index contributed by atoms with van der Waals surface area (Å²) in [6.45, 7) is 6.83. The van der Waals surface area contributed by atoms with Crippen molar-refractivity contribution in [3.05, 3.63) is 29.8 Å². The van der Waals surface area contributed by atoms with E-state index in [0.717, 1.165) is 44.6 Å². The number of carbonyl (C=O) groups excluding carboxylic acids is 2. The van der Waals surface area contributed by atoms with E-state index in [1.807, 2.05) is 12.1 Å². The van der Waals surface area contributed by atoms with Crippen LogP contribution in [-0.4, -0.2) is 67.4 Å². The molecule has 1 aromatic carbocycles. The van der Waals surface area contributed by atoms with Crippen LogP contribution in [0.3, 0.4) is 0 Å². The van der Waals surface area contributed by atoms with Crippen molar-refractivity contribution in [1.29, 1.82) is 0 Å². The van der Waals surface area contributed by atoms with Gasteiger partial charge in [-0.3, -0.25) is 9.59 Å². The molecule has 6 heteroatoms. The van der Waals surface area contributed by atoms with Gasteiger partial charge in [0.1, 0.15) is 6.04 Å². The number of piperazine rings is 1. The van der Waals surface area contributed by atoms with Crippen molar-refractivity contribution in [2.45, 2.75) is 32.4 Å². The van der Waals surface area contributed by atoms with E-state index in [1.165, 1.54) is 12.6 Å². The van der Waals surface area contributed by atoms with E-state index in [0.29, 0.717) is 13.1 Å². The second-order valence-corrected chi connectivity index (χ2v) is 7.01. The van der Waals surface area contributed by atoms with E-state index in [-0.39, 0.29) is 17.9 Å². The SMILES string of the molecule is CC(=O)N1CCCC1C(=O)NCc1ccccc1N1CCN(C)CC1. The maximum Gasteiger partial charge on any atom is 0.243 e. The van der Waals surface area contributed by atoms with Gasteiger partial charge in [-0.15, -0.1) is 0 Å². The summed E-state index contributed by atoms with van der Waals surface area (Å²) in [5, 5.41) is 3.04. The van der Waals surface area contributed by atoms with Crippen molar-refractivity contribution in [1.82, 2.24) is 15.1 Å². The van der Waals surface area contributed by atoms with Gasteiger partial charge in [-0.25, -0.2) is 0 Å². The highest BCUT2D eigenvalue weighted by molar-refractivity contribution is 5.87. The number of nitrogens with zero attached hydrogens (tertiary/aromatic N) is 3. The molecule has 6 nitrogen and oxygen atoms in total. The first-order valence-corrected chi connectivity index (χ1v) is 9.12. The van der Waals surface area contributed by atoms with E-state index in [2.05, 4.69) is 34.3 Å². The minimum Gasteiger partial charge on any atom is -0.369 e. The molecule has 1 unspecified atom stereocenters. The Morgan fingerprint density at radius 1 is 1.12 bits per heavy atom. The van der Waals surface area contributed by atoms with Gasteiger partial charge in [-0.05, 0) is 31.5 Å². The largest absolute Gasteiger partial charge is 0.369 e. The molecule has 0 spiro atoms. The number of carbonyl (C=O) groups is 2. The van der Waals surface area contributed by atoms with Crippen LogP contribution in [-0.2, 0) is 16.1 Å². The third-order valence-corrected chi connectivity index (χ3v) is 5.25. The lowest BCUT2D eigenvalue weighted by atomic mass is 10.1. The van der Waals surface area contributed by atoms with Gasteiger partial charge >= 0.3 is 0 Å². The summed E-state index contributed by atoms with van der Waals surface area (Å²) >= 11 is 0. The van der Waals surface area contributed by atoms with Crippen molar-refractivity contribution in [3.8, 4) is 0 Å². The van der Waals surface area contributed by atoms with Crippen molar-refractivity contribution in [3.63, 3.8) is 0 Å². The molecule has 2 fully saturated rings. The van der Waals surface area contributed by atoms with Crippen LogP contribution in [0.4, 0.5) is 5.69 Å². The topological polar surface area (TPSA) is 55.9 Å². The Kier molecular flexibility index (Phi) is 5.58. The van der Waals surface area contributed by atoms with Gasteiger partial charge in [0.05, 0.1) is 0 Å². The fourth-order valence-electron chi connectivity index (χ4n) is 3.73. The first-order chi connectivity index (χ1) is 12.1. The highest BCUT2D eigenvalue weighted by Gasteiger charge is 2.32. The minimum atomic E-state index is -0.312. The molecular formula is C19H28N4O2. The monoisotopic (exact) mass is 344 g/mol. The van der Waals surface area contributed by atoms with E-state index < -0.39 is 0 Å².